The zero-order valence-corrected chi connectivity index (χ0v) is 19.5. The highest BCUT2D eigenvalue weighted by atomic mass is 32.2. The molecule has 7 heteroatoms. The second-order valence-corrected chi connectivity index (χ2v) is 10.2. The molecule has 0 bridgehead atoms. The van der Waals surface area contributed by atoms with Crippen molar-refractivity contribution < 1.29 is 9.90 Å². The first-order chi connectivity index (χ1) is 15.0. The number of benzene rings is 1. The number of rotatable bonds is 7. The van der Waals surface area contributed by atoms with Crippen LogP contribution in [0.15, 0.2) is 35.5 Å². The zero-order valence-electron chi connectivity index (χ0n) is 18.6. The molecular weight excluding hydrogens is 408 g/mol. The highest BCUT2D eigenvalue weighted by molar-refractivity contribution is 8.00. The predicted molar refractivity (Wildman–Crippen MR) is 125 cm³/mol. The normalized spacial score (nSPS) is 23.5. The molecule has 1 aliphatic heterocycles. The lowest BCUT2D eigenvalue weighted by Gasteiger charge is -2.37. The number of aliphatic hydroxyl groups excluding tert-OH is 1. The van der Waals surface area contributed by atoms with Crippen LogP contribution in [0.2, 0.25) is 0 Å². The van der Waals surface area contributed by atoms with E-state index in [0.29, 0.717) is 23.8 Å². The molecule has 1 aromatic carbocycles. The molecule has 1 aromatic heterocycles. The van der Waals surface area contributed by atoms with Gasteiger partial charge in [0.15, 0.2) is 0 Å². The number of aliphatic hydroxyl groups is 1. The van der Waals surface area contributed by atoms with Gasteiger partial charge in [-0.2, -0.15) is 5.10 Å². The van der Waals surface area contributed by atoms with Gasteiger partial charge in [0.25, 0.3) is 0 Å². The van der Waals surface area contributed by atoms with Crippen LogP contribution in [0.5, 0.6) is 0 Å². The smallest absolute Gasteiger partial charge is 0.232 e. The maximum absolute atomic E-state index is 12.9. The van der Waals surface area contributed by atoms with Crippen molar-refractivity contribution in [2.75, 3.05) is 30.8 Å². The lowest BCUT2D eigenvalue weighted by Crippen LogP contribution is -2.37. The number of anilines is 1. The third-order valence-electron chi connectivity index (χ3n) is 6.92. The Hall–Kier alpha value is -1.99. The molecule has 2 aliphatic rings. The molecule has 0 radical (unpaired) electrons. The summed E-state index contributed by atoms with van der Waals surface area (Å²) < 4.78 is 1.77. The number of likely N-dealkylation sites (tertiary alicyclic amines) is 1. The Balaban J connectivity index is 1.25. The number of amides is 1. The van der Waals surface area contributed by atoms with Gasteiger partial charge in [0.2, 0.25) is 5.91 Å². The van der Waals surface area contributed by atoms with Crippen molar-refractivity contribution in [2.45, 2.75) is 63.4 Å². The molecule has 168 valence electrons. The highest BCUT2D eigenvalue weighted by Crippen LogP contribution is 2.44. The fourth-order valence-electron chi connectivity index (χ4n) is 5.08. The van der Waals surface area contributed by atoms with Gasteiger partial charge in [0.1, 0.15) is 0 Å². The molecule has 1 amide bonds. The SMILES string of the molecule is Cc1cccc(C)c1SCC(=O)N1CCC2(CCC(Nc3cnn(CCO)c3)CC2)C1. The summed E-state index contributed by atoms with van der Waals surface area (Å²) in [4.78, 5) is 16.2. The van der Waals surface area contributed by atoms with E-state index in [1.807, 2.05) is 12.4 Å². The summed E-state index contributed by atoms with van der Waals surface area (Å²) in [6.45, 7) is 6.69. The number of carbonyl (C=O) groups is 1. The second kappa shape index (κ2) is 9.65. The molecule has 1 aliphatic carbocycles. The summed E-state index contributed by atoms with van der Waals surface area (Å²) in [5.74, 6) is 0.810. The number of carbonyl (C=O) groups excluding carboxylic acids is 1. The van der Waals surface area contributed by atoms with E-state index in [9.17, 15) is 4.79 Å². The Labute approximate surface area is 189 Å². The molecule has 2 heterocycles. The van der Waals surface area contributed by atoms with Crippen molar-refractivity contribution in [2.24, 2.45) is 5.41 Å². The summed E-state index contributed by atoms with van der Waals surface area (Å²) in [6, 6.07) is 6.78. The highest BCUT2D eigenvalue weighted by Gasteiger charge is 2.42. The van der Waals surface area contributed by atoms with Crippen LogP contribution in [0, 0.1) is 19.3 Å². The molecule has 2 N–H and O–H groups in total. The van der Waals surface area contributed by atoms with E-state index >= 15 is 0 Å². The van der Waals surface area contributed by atoms with E-state index in [1.54, 1.807) is 16.4 Å². The molecule has 1 saturated heterocycles. The summed E-state index contributed by atoms with van der Waals surface area (Å²) in [5.41, 5.74) is 3.84. The van der Waals surface area contributed by atoms with Gasteiger partial charge >= 0.3 is 0 Å². The summed E-state index contributed by atoms with van der Waals surface area (Å²) in [6.07, 6.45) is 9.53. The van der Waals surface area contributed by atoms with Gasteiger partial charge in [-0.3, -0.25) is 9.48 Å². The maximum atomic E-state index is 12.9. The van der Waals surface area contributed by atoms with Crippen LogP contribution in [0.25, 0.3) is 0 Å². The van der Waals surface area contributed by atoms with Gasteiger partial charge in [-0.25, -0.2) is 0 Å². The van der Waals surface area contributed by atoms with E-state index < -0.39 is 0 Å². The van der Waals surface area contributed by atoms with Gasteiger partial charge < -0.3 is 15.3 Å². The van der Waals surface area contributed by atoms with Gasteiger partial charge in [0, 0.05) is 30.2 Å². The van der Waals surface area contributed by atoms with Crippen LogP contribution in [0.4, 0.5) is 5.69 Å². The third kappa shape index (κ3) is 5.26. The lowest BCUT2D eigenvalue weighted by molar-refractivity contribution is -0.127. The fraction of sp³-hybridized carbons (Fsp3) is 0.583. The molecule has 1 spiro atoms. The predicted octanol–water partition coefficient (Wildman–Crippen LogP) is 3.86. The first kappa shape index (κ1) is 22.2. The molecular formula is C24H34N4O2S. The Bertz CT molecular complexity index is 884. The molecule has 0 unspecified atom stereocenters. The van der Waals surface area contributed by atoms with Gasteiger partial charge in [-0.05, 0) is 62.5 Å². The molecule has 1 saturated carbocycles. The lowest BCUT2D eigenvalue weighted by atomic mass is 9.72. The average molecular weight is 443 g/mol. The Kier molecular flexibility index (Phi) is 6.92. The zero-order chi connectivity index (χ0) is 21.8. The molecule has 2 aromatic rings. The van der Waals surface area contributed by atoms with Crippen molar-refractivity contribution in [1.29, 1.82) is 0 Å². The van der Waals surface area contributed by atoms with Crippen molar-refractivity contribution in [3.63, 3.8) is 0 Å². The van der Waals surface area contributed by atoms with E-state index in [1.165, 1.54) is 28.9 Å². The van der Waals surface area contributed by atoms with E-state index in [4.69, 9.17) is 5.11 Å². The monoisotopic (exact) mass is 442 g/mol. The first-order valence-corrected chi connectivity index (χ1v) is 12.3. The Morgan fingerprint density at radius 1 is 1.26 bits per heavy atom. The van der Waals surface area contributed by atoms with Crippen molar-refractivity contribution in [3.8, 4) is 0 Å². The van der Waals surface area contributed by atoms with Crippen molar-refractivity contribution >= 4 is 23.4 Å². The number of hydrogen-bond donors (Lipinski definition) is 2. The third-order valence-corrected chi connectivity index (χ3v) is 8.24. The average Bonchev–Trinajstić information content (AvgIpc) is 3.37. The molecule has 6 nitrogen and oxygen atoms in total. The molecule has 31 heavy (non-hydrogen) atoms. The number of aromatic nitrogens is 2. The standard InChI is InChI=1S/C24H34N4O2S/c1-18-4-3-5-19(2)23(18)31-16-22(30)27-11-10-24(17-27)8-6-20(7-9-24)26-21-14-25-28(15-21)12-13-29/h3-5,14-15,20,26,29H,6-13,16-17H2,1-2H3. The second-order valence-electron chi connectivity index (χ2n) is 9.21. The van der Waals surface area contributed by atoms with Crippen LogP contribution in [-0.2, 0) is 11.3 Å². The quantitative estimate of drug-likeness (QED) is 0.637. The number of hydrogen-bond acceptors (Lipinski definition) is 5. The van der Waals surface area contributed by atoms with Crippen LogP contribution < -0.4 is 5.32 Å². The van der Waals surface area contributed by atoms with Gasteiger partial charge in [-0.1, -0.05) is 18.2 Å². The van der Waals surface area contributed by atoms with Crippen LogP contribution in [0.1, 0.15) is 43.2 Å². The van der Waals surface area contributed by atoms with Crippen molar-refractivity contribution in [1.82, 2.24) is 14.7 Å². The summed E-state index contributed by atoms with van der Waals surface area (Å²) >= 11 is 1.69. The summed E-state index contributed by atoms with van der Waals surface area (Å²) in [5, 5.41) is 16.9. The summed E-state index contributed by atoms with van der Waals surface area (Å²) in [7, 11) is 0. The molecule has 2 fully saturated rings. The van der Waals surface area contributed by atoms with E-state index in [2.05, 4.69) is 47.4 Å². The number of aryl methyl sites for hydroxylation is 2. The minimum Gasteiger partial charge on any atom is -0.394 e. The van der Waals surface area contributed by atoms with Crippen LogP contribution in [0.3, 0.4) is 0 Å². The number of nitrogens with zero attached hydrogens (tertiary/aromatic N) is 3. The molecule has 0 atom stereocenters. The first-order valence-electron chi connectivity index (χ1n) is 11.3. The van der Waals surface area contributed by atoms with Crippen LogP contribution in [-0.4, -0.2) is 57.2 Å². The van der Waals surface area contributed by atoms with E-state index in [0.717, 1.165) is 38.0 Å². The Morgan fingerprint density at radius 2 is 2.00 bits per heavy atom. The minimum absolute atomic E-state index is 0.103. The van der Waals surface area contributed by atoms with E-state index in [-0.39, 0.29) is 12.5 Å². The number of nitrogens with one attached hydrogen (secondary N) is 1. The topological polar surface area (TPSA) is 70.4 Å². The minimum atomic E-state index is 0.103. The maximum Gasteiger partial charge on any atom is 0.232 e. The van der Waals surface area contributed by atoms with Crippen LogP contribution >= 0.6 is 11.8 Å². The molecule has 4 rings (SSSR count). The largest absolute Gasteiger partial charge is 0.394 e. The Morgan fingerprint density at radius 3 is 2.71 bits per heavy atom. The van der Waals surface area contributed by atoms with Crippen molar-refractivity contribution in [3.05, 3.63) is 41.7 Å². The number of thioether (sulfide) groups is 1. The fourth-order valence-corrected chi connectivity index (χ4v) is 6.12. The van der Waals surface area contributed by atoms with Gasteiger partial charge in [-0.15, -0.1) is 11.8 Å². The van der Waals surface area contributed by atoms with Gasteiger partial charge in [0.05, 0.1) is 30.8 Å².